The Labute approximate surface area is 181 Å². The highest BCUT2D eigenvalue weighted by Crippen LogP contribution is 2.47. The van der Waals surface area contributed by atoms with Gasteiger partial charge in [-0.25, -0.2) is 13.6 Å². The lowest BCUT2D eigenvalue weighted by Crippen LogP contribution is -2.13. The number of benzene rings is 2. The van der Waals surface area contributed by atoms with Crippen molar-refractivity contribution in [1.82, 2.24) is 0 Å². The smallest absolute Gasteiger partial charge is 0.339 e. The Morgan fingerprint density at radius 3 is 2.39 bits per heavy atom. The van der Waals surface area contributed by atoms with Gasteiger partial charge < -0.3 is 20.6 Å². The first-order chi connectivity index (χ1) is 14.7. The fraction of sp³-hybridized carbons (Fsp3) is 0.0476. The fourth-order valence-corrected chi connectivity index (χ4v) is 5.11. The summed E-state index contributed by atoms with van der Waals surface area (Å²) >= 11 is 1.48. The van der Waals surface area contributed by atoms with Crippen LogP contribution in [0.4, 0.5) is 14.5 Å². The van der Waals surface area contributed by atoms with E-state index in [1.54, 1.807) is 24.3 Å². The Morgan fingerprint density at radius 1 is 1.00 bits per heavy atom. The van der Waals surface area contributed by atoms with Crippen LogP contribution in [0.15, 0.2) is 36.4 Å². The lowest BCUT2D eigenvalue weighted by Gasteiger charge is -2.07. The van der Waals surface area contributed by atoms with Crippen LogP contribution in [0.2, 0.25) is 0 Å². The summed E-state index contributed by atoms with van der Waals surface area (Å²) in [5.74, 6) is -5.08. The zero-order valence-electron chi connectivity index (χ0n) is 15.7. The van der Waals surface area contributed by atoms with E-state index in [2.05, 4.69) is 5.32 Å². The van der Waals surface area contributed by atoms with Crippen molar-refractivity contribution < 1.29 is 33.7 Å². The number of halogens is 2. The van der Waals surface area contributed by atoms with Gasteiger partial charge in [-0.15, -0.1) is 11.3 Å². The number of aryl methyl sites for hydroxylation is 1. The third-order valence-corrected chi connectivity index (χ3v) is 6.82. The highest BCUT2D eigenvalue weighted by Gasteiger charge is 2.29. The first kappa shape index (κ1) is 20.8. The minimum Gasteiger partial charge on any atom is -0.506 e. The van der Waals surface area contributed by atoms with Gasteiger partial charge in [0.1, 0.15) is 21.9 Å². The molecule has 4 N–H and O–H groups in total. The molecule has 0 unspecified atom stereocenters. The summed E-state index contributed by atoms with van der Waals surface area (Å²) in [6, 6.07) is 9.22. The average Bonchev–Trinajstić information content (AvgIpc) is 3.24. The topological polar surface area (TPSA) is 107 Å². The number of hydrogen-bond donors (Lipinski definition) is 4. The summed E-state index contributed by atoms with van der Waals surface area (Å²) in [6.45, 7) is 1.36. The zero-order chi connectivity index (χ0) is 22.4. The molecule has 0 bridgehead atoms. The number of hydrogen-bond acceptors (Lipinski definition) is 6. The number of anilines is 1. The number of aromatic carboxylic acids is 1. The number of amides is 1. The van der Waals surface area contributed by atoms with Crippen LogP contribution < -0.4 is 5.32 Å². The Morgan fingerprint density at radius 2 is 1.71 bits per heavy atom. The van der Waals surface area contributed by atoms with Crippen molar-refractivity contribution in [3.8, 4) is 21.3 Å². The third-order valence-electron chi connectivity index (χ3n) is 4.64. The van der Waals surface area contributed by atoms with Gasteiger partial charge in [0.15, 0.2) is 16.7 Å². The van der Waals surface area contributed by atoms with E-state index in [1.807, 2.05) is 0 Å². The second-order valence-corrected chi connectivity index (χ2v) is 8.63. The summed E-state index contributed by atoms with van der Waals surface area (Å²) < 4.78 is 29.1. The van der Waals surface area contributed by atoms with Crippen molar-refractivity contribution in [2.45, 2.75) is 6.92 Å². The largest absolute Gasteiger partial charge is 0.506 e. The van der Waals surface area contributed by atoms with Crippen LogP contribution >= 0.6 is 22.7 Å². The quantitative estimate of drug-likeness (QED) is 0.318. The van der Waals surface area contributed by atoms with E-state index in [0.717, 1.165) is 11.3 Å². The molecule has 0 fully saturated rings. The Hall–Kier alpha value is -3.50. The van der Waals surface area contributed by atoms with Crippen LogP contribution in [0.5, 0.6) is 10.8 Å². The number of carbonyl (C=O) groups is 2. The molecule has 4 aromatic rings. The highest BCUT2D eigenvalue weighted by atomic mass is 32.1. The molecule has 6 nitrogen and oxygen atoms in total. The van der Waals surface area contributed by atoms with Crippen molar-refractivity contribution in [2.24, 2.45) is 0 Å². The van der Waals surface area contributed by atoms with Gasteiger partial charge in [-0.05, 0) is 24.6 Å². The number of thiophene rings is 2. The van der Waals surface area contributed by atoms with E-state index in [0.29, 0.717) is 21.4 Å². The van der Waals surface area contributed by atoms with Crippen molar-refractivity contribution >= 4 is 50.3 Å². The standard InChI is InChI=1S/C21H13F2NO5S2/c1-8-6-7-10(14(23)13(8)22)17-12(20(27)28)15(21(29)31-17)24-19(26)18-16(25)9-4-2-3-5-11(9)30-18/h2-7,25,29H,1H3,(H,24,26)(H,27,28). The second kappa shape index (κ2) is 7.64. The van der Waals surface area contributed by atoms with Crippen LogP contribution in [0.1, 0.15) is 25.6 Å². The molecule has 0 saturated heterocycles. The zero-order valence-corrected chi connectivity index (χ0v) is 17.3. The van der Waals surface area contributed by atoms with E-state index < -0.39 is 39.8 Å². The minimum atomic E-state index is -1.55. The molecule has 1 amide bonds. The molecule has 2 aromatic heterocycles. The minimum absolute atomic E-state index is 0.0349. The maximum atomic E-state index is 14.5. The Bertz CT molecular complexity index is 1380. The maximum Gasteiger partial charge on any atom is 0.339 e. The van der Waals surface area contributed by atoms with E-state index >= 15 is 0 Å². The number of carboxylic acids is 1. The van der Waals surface area contributed by atoms with E-state index in [9.17, 15) is 33.7 Å². The number of carboxylic acid groups (broad SMARTS) is 1. The summed E-state index contributed by atoms with van der Waals surface area (Å²) in [4.78, 5) is 24.3. The van der Waals surface area contributed by atoms with Gasteiger partial charge in [0.25, 0.3) is 5.91 Å². The van der Waals surface area contributed by atoms with Crippen LogP contribution in [-0.2, 0) is 0 Å². The molecule has 0 aliphatic rings. The molecule has 0 spiro atoms. The van der Waals surface area contributed by atoms with Gasteiger partial charge in [0.05, 0.1) is 4.88 Å². The molecule has 4 rings (SSSR count). The van der Waals surface area contributed by atoms with Gasteiger partial charge in [-0.3, -0.25) is 4.79 Å². The van der Waals surface area contributed by atoms with Crippen LogP contribution in [0.25, 0.3) is 20.5 Å². The molecule has 2 aromatic carbocycles. The molecule has 31 heavy (non-hydrogen) atoms. The van der Waals surface area contributed by atoms with Crippen molar-refractivity contribution in [3.63, 3.8) is 0 Å². The van der Waals surface area contributed by atoms with Gasteiger partial charge in [0, 0.05) is 15.6 Å². The second-order valence-electron chi connectivity index (χ2n) is 6.58. The van der Waals surface area contributed by atoms with Crippen molar-refractivity contribution in [3.05, 3.63) is 64.0 Å². The average molecular weight is 461 g/mol. The summed E-state index contributed by atoms with van der Waals surface area (Å²) in [7, 11) is 0. The third kappa shape index (κ3) is 3.39. The van der Waals surface area contributed by atoms with Gasteiger partial charge >= 0.3 is 5.97 Å². The predicted molar refractivity (Wildman–Crippen MR) is 114 cm³/mol. The SMILES string of the molecule is Cc1ccc(-c2sc(O)c(NC(=O)c3sc4ccccc4c3O)c2C(=O)O)c(F)c1F. The number of nitrogens with one attached hydrogen (secondary N) is 1. The van der Waals surface area contributed by atoms with Crippen LogP contribution in [-0.4, -0.2) is 27.2 Å². The molecule has 0 radical (unpaired) electrons. The lowest BCUT2D eigenvalue weighted by molar-refractivity contribution is 0.0699. The van der Waals surface area contributed by atoms with E-state index in [-0.39, 0.29) is 26.6 Å². The summed E-state index contributed by atoms with van der Waals surface area (Å²) in [6.07, 6.45) is 0. The fourth-order valence-electron chi connectivity index (χ4n) is 3.11. The number of rotatable bonds is 4. The highest BCUT2D eigenvalue weighted by molar-refractivity contribution is 7.21. The number of fused-ring (bicyclic) bond motifs is 1. The predicted octanol–water partition coefficient (Wildman–Crippen LogP) is 5.58. The molecule has 0 aliphatic heterocycles. The van der Waals surface area contributed by atoms with Crippen LogP contribution in [0, 0.1) is 18.6 Å². The normalized spacial score (nSPS) is 11.1. The molecular formula is C21H13F2NO5S2. The Balaban J connectivity index is 1.81. The number of aromatic hydroxyl groups is 2. The van der Waals surface area contributed by atoms with Crippen molar-refractivity contribution in [1.29, 1.82) is 0 Å². The first-order valence-corrected chi connectivity index (χ1v) is 10.4. The summed E-state index contributed by atoms with van der Waals surface area (Å²) in [5, 5.41) is 32.5. The molecule has 2 heterocycles. The first-order valence-electron chi connectivity index (χ1n) is 8.76. The molecule has 10 heteroatoms. The van der Waals surface area contributed by atoms with Gasteiger partial charge in [0.2, 0.25) is 0 Å². The molecule has 0 atom stereocenters. The van der Waals surface area contributed by atoms with Crippen LogP contribution in [0.3, 0.4) is 0 Å². The molecular weight excluding hydrogens is 448 g/mol. The monoisotopic (exact) mass is 461 g/mol. The molecule has 0 aliphatic carbocycles. The van der Waals surface area contributed by atoms with E-state index in [1.165, 1.54) is 19.1 Å². The Kier molecular flexibility index (Phi) is 5.11. The number of carbonyl (C=O) groups excluding carboxylic acids is 1. The molecule has 158 valence electrons. The maximum absolute atomic E-state index is 14.5. The molecule has 0 saturated carbocycles. The van der Waals surface area contributed by atoms with E-state index in [4.69, 9.17) is 0 Å². The lowest BCUT2D eigenvalue weighted by atomic mass is 10.1. The summed E-state index contributed by atoms with van der Waals surface area (Å²) in [5.41, 5.74) is -1.37. The van der Waals surface area contributed by atoms with Gasteiger partial charge in [-0.2, -0.15) is 0 Å². The van der Waals surface area contributed by atoms with Crippen molar-refractivity contribution in [2.75, 3.05) is 5.32 Å². The van der Waals surface area contributed by atoms with Gasteiger partial charge in [-0.1, -0.05) is 35.6 Å².